The molecule has 1 atom stereocenters. The molecule has 0 aliphatic carbocycles. The van der Waals surface area contributed by atoms with Crippen molar-refractivity contribution in [3.05, 3.63) is 77.4 Å². The zero-order chi connectivity index (χ0) is 21.1. The molecule has 2 heterocycles. The van der Waals surface area contributed by atoms with Gasteiger partial charge in [0.05, 0.1) is 18.4 Å². The topological polar surface area (TPSA) is 106 Å². The molecule has 1 aromatic heterocycles. The molecule has 0 bridgehead atoms. The molecule has 3 N–H and O–H groups in total. The van der Waals surface area contributed by atoms with Crippen LogP contribution < -0.4 is 16.1 Å². The van der Waals surface area contributed by atoms with Gasteiger partial charge in [0.15, 0.2) is 0 Å². The maximum absolute atomic E-state index is 12.8. The van der Waals surface area contributed by atoms with Crippen LogP contribution in [-0.4, -0.2) is 33.3 Å². The van der Waals surface area contributed by atoms with Gasteiger partial charge in [-0.2, -0.15) is 10.2 Å². The van der Waals surface area contributed by atoms with Crippen LogP contribution in [0.3, 0.4) is 0 Å². The van der Waals surface area contributed by atoms with E-state index in [1.54, 1.807) is 35.1 Å². The fraction of sp³-hybridized carbons (Fsp3) is 0.143. The van der Waals surface area contributed by atoms with Gasteiger partial charge in [-0.15, -0.1) is 0 Å². The first-order valence-corrected chi connectivity index (χ1v) is 9.68. The zero-order valence-electron chi connectivity index (χ0n) is 15.9. The number of hydrogen-bond donors (Lipinski definition) is 2. The second-order valence-corrected chi connectivity index (χ2v) is 7.18. The first kappa shape index (κ1) is 19.7. The minimum atomic E-state index is -0.721. The molecule has 0 fully saturated rings. The van der Waals surface area contributed by atoms with Crippen LogP contribution >= 0.6 is 11.6 Å². The SMILES string of the molecule is NC(=O)C1CC(C(=O)Nc2ccnn2Cc2ccccc2Cl)=NN1c1ccccc1. The van der Waals surface area contributed by atoms with E-state index in [9.17, 15) is 9.59 Å². The van der Waals surface area contributed by atoms with Crippen LogP contribution in [0.4, 0.5) is 11.5 Å². The molecule has 0 radical (unpaired) electrons. The van der Waals surface area contributed by atoms with Gasteiger partial charge in [0.2, 0.25) is 5.91 Å². The Labute approximate surface area is 177 Å². The molecule has 8 nitrogen and oxygen atoms in total. The quantitative estimate of drug-likeness (QED) is 0.636. The van der Waals surface area contributed by atoms with Gasteiger partial charge in [0, 0.05) is 17.5 Å². The van der Waals surface area contributed by atoms with Crippen molar-refractivity contribution >= 4 is 40.6 Å². The number of halogens is 1. The monoisotopic (exact) mass is 422 g/mol. The zero-order valence-corrected chi connectivity index (χ0v) is 16.7. The minimum absolute atomic E-state index is 0.120. The predicted octanol–water partition coefficient (Wildman–Crippen LogP) is 2.64. The fourth-order valence-corrected chi connectivity index (χ4v) is 3.42. The molecule has 3 aromatic rings. The Kier molecular flexibility index (Phi) is 5.49. The van der Waals surface area contributed by atoms with Crippen molar-refractivity contribution in [1.82, 2.24) is 9.78 Å². The number of primary amides is 1. The number of nitrogens with zero attached hydrogens (tertiary/aromatic N) is 4. The van der Waals surface area contributed by atoms with Crippen LogP contribution in [0.15, 0.2) is 72.0 Å². The Bertz CT molecular complexity index is 1110. The summed E-state index contributed by atoms with van der Waals surface area (Å²) in [6.45, 7) is 0.398. The van der Waals surface area contributed by atoms with Crippen molar-refractivity contribution in [3.8, 4) is 0 Å². The molecule has 1 aliphatic rings. The lowest BCUT2D eigenvalue weighted by Gasteiger charge is -2.20. The maximum Gasteiger partial charge on any atom is 0.273 e. The second kappa shape index (κ2) is 8.38. The van der Waals surface area contributed by atoms with E-state index < -0.39 is 17.9 Å². The molecule has 0 saturated heterocycles. The fourth-order valence-electron chi connectivity index (χ4n) is 3.23. The second-order valence-electron chi connectivity index (χ2n) is 6.77. The van der Waals surface area contributed by atoms with Crippen LogP contribution in [-0.2, 0) is 16.1 Å². The molecule has 2 amide bonds. The molecule has 1 aliphatic heterocycles. The summed E-state index contributed by atoms with van der Waals surface area (Å²) in [4.78, 5) is 24.8. The summed E-state index contributed by atoms with van der Waals surface area (Å²) in [5, 5.41) is 13.5. The van der Waals surface area contributed by atoms with E-state index in [4.69, 9.17) is 17.3 Å². The minimum Gasteiger partial charge on any atom is -0.368 e. The Morgan fingerprint density at radius 1 is 1.10 bits per heavy atom. The molecular formula is C21H19ClN6O2. The molecule has 2 aromatic carbocycles. The van der Waals surface area contributed by atoms with Gasteiger partial charge in [-0.3, -0.25) is 14.6 Å². The molecule has 0 saturated carbocycles. The molecular weight excluding hydrogens is 404 g/mol. The number of hydrazone groups is 1. The van der Waals surface area contributed by atoms with E-state index in [1.165, 1.54) is 5.01 Å². The van der Waals surface area contributed by atoms with Gasteiger partial charge in [0.1, 0.15) is 17.6 Å². The number of amides is 2. The Morgan fingerprint density at radius 2 is 1.83 bits per heavy atom. The molecule has 1 unspecified atom stereocenters. The van der Waals surface area contributed by atoms with E-state index in [0.29, 0.717) is 23.1 Å². The Balaban J connectivity index is 1.53. The van der Waals surface area contributed by atoms with Crippen LogP contribution in [0.25, 0.3) is 0 Å². The van der Waals surface area contributed by atoms with Gasteiger partial charge < -0.3 is 11.1 Å². The van der Waals surface area contributed by atoms with Gasteiger partial charge in [-0.1, -0.05) is 48.0 Å². The van der Waals surface area contributed by atoms with Crippen molar-refractivity contribution in [3.63, 3.8) is 0 Å². The standard InChI is InChI=1S/C21H19ClN6O2/c22-16-9-5-4-6-14(16)13-27-19(10-11-24-27)25-21(30)17-12-18(20(23)29)28(26-17)15-7-2-1-3-8-15/h1-11,18H,12-13H2,(H2,23,29)(H,25,30). The Morgan fingerprint density at radius 3 is 2.57 bits per heavy atom. The molecule has 4 rings (SSSR count). The highest BCUT2D eigenvalue weighted by Crippen LogP contribution is 2.25. The van der Waals surface area contributed by atoms with Crippen LogP contribution in [0.1, 0.15) is 12.0 Å². The van der Waals surface area contributed by atoms with Crippen molar-refractivity contribution in [2.75, 3.05) is 10.3 Å². The van der Waals surface area contributed by atoms with Crippen LogP contribution in [0, 0.1) is 0 Å². The van der Waals surface area contributed by atoms with Crippen molar-refractivity contribution in [1.29, 1.82) is 0 Å². The maximum atomic E-state index is 12.8. The molecule has 30 heavy (non-hydrogen) atoms. The average Bonchev–Trinajstić information content (AvgIpc) is 3.38. The van der Waals surface area contributed by atoms with Gasteiger partial charge in [-0.05, 0) is 23.8 Å². The highest BCUT2D eigenvalue weighted by Gasteiger charge is 2.35. The predicted molar refractivity (Wildman–Crippen MR) is 115 cm³/mol. The third-order valence-electron chi connectivity index (χ3n) is 4.76. The lowest BCUT2D eigenvalue weighted by atomic mass is 10.1. The summed E-state index contributed by atoms with van der Waals surface area (Å²) >= 11 is 6.23. The van der Waals surface area contributed by atoms with E-state index in [-0.39, 0.29) is 12.1 Å². The van der Waals surface area contributed by atoms with Crippen molar-refractivity contribution in [2.24, 2.45) is 10.8 Å². The largest absolute Gasteiger partial charge is 0.368 e. The summed E-state index contributed by atoms with van der Waals surface area (Å²) in [6, 6.07) is 17.5. The number of nitrogens with one attached hydrogen (secondary N) is 1. The average molecular weight is 423 g/mol. The number of anilines is 2. The van der Waals surface area contributed by atoms with E-state index in [0.717, 1.165) is 5.56 Å². The third-order valence-corrected chi connectivity index (χ3v) is 5.13. The van der Waals surface area contributed by atoms with E-state index >= 15 is 0 Å². The summed E-state index contributed by atoms with van der Waals surface area (Å²) in [5.41, 5.74) is 7.32. The number of hydrogen-bond acceptors (Lipinski definition) is 5. The number of rotatable bonds is 6. The molecule has 152 valence electrons. The van der Waals surface area contributed by atoms with Gasteiger partial charge in [0.25, 0.3) is 5.91 Å². The van der Waals surface area contributed by atoms with E-state index in [1.807, 2.05) is 36.4 Å². The summed E-state index contributed by atoms with van der Waals surface area (Å²) < 4.78 is 1.63. The number of benzene rings is 2. The first-order valence-electron chi connectivity index (χ1n) is 9.30. The number of para-hydroxylation sites is 1. The Hall–Kier alpha value is -3.65. The lowest BCUT2D eigenvalue weighted by Crippen LogP contribution is -2.39. The van der Waals surface area contributed by atoms with Crippen LogP contribution in [0.5, 0.6) is 0 Å². The number of nitrogens with two attached hydrogens (primary N) is 1. The summed E-state index contributed by atoms with van der Waals surface area (Å²) in [5.74, 6) is -0.467. The summed E-state index contributed by atoms with van der Waals surface area (Å²) in [7, 11) is 0. The normalized spacial score (nSPS) is 15.7. The van der Waals surface area contributed by atoms with E-state index in [2.05, 4.69) is 15.5 Å². The first-order chi connectivity index (χ1) is 14.5. The number of carbonyl (C=O) groups is 2. The van der Waals surface area contributed by atoms with Crippen molar-refractivity contribution < 1.29 is 9.59 Å². The van der Waals surface area contributed by atoms with Crippen LogP contribution in [0.2, 0.25) is 5.02 Å². The van der Waals surface area contributed by atoms with Crippen molar-refractivity contribution in [2.45, 2.75) is 19.0 Å². The third kappa shape index (κ3) is 4.04. The molecule has 0 spiro atoms. The lowest BCUT2D eigenvalue weighted by molar-refractivity contribution is -0.119. The molecule has 9 heteroatoms. The van der Waals surface area contributed by atoms with Gasteiger partial charge in [-0.25, -0.2) is 4.68 Å². The number of carbonyl (C=O) groups excluding carboxylic acids is 2. The van der Waals surface area contributed by atoms with Gasteiger partial charge >= 0.3 is 0 Å². The number of aromatic nitrogens is 2. The highest BCUT2D eigenvalue weighted by molar-refractivity contribution is 6.44. The highest BCUT2D eigenvalue weighted by atomic mass is 35.5. The smallest absolute Gasteiger partial charge is 0.273 e. The summed E-state index contributed by atoms with van der Waals surface area (Å²) in [6.07, 6.45) is 1.71.